The van der Waals surface area contributed by atoms with Crippen LogP contribution in [0.1, 0.15) is 50.6 Å². The molecule has 9 nitrogen and oxygen atoms in total. The summed E-state index contributed by atoms with van der Waals surface area (Å²) in [7, 11) is 0. The molecule has 0 saturated heterocycles. The Balaban J connectivity index is 1.83. The summed E-state index contributed by atoms with van der Waals surface area (Å²) in [6, 6.07) is 9.07. The predicted octanol–water partition coefficient (Wildman–Crippen LogP) is 2.93. The number of hydrogen-bond acceptors (Lipinski definition) is 7. The molecule has 166 valence electrons. The van der Waals surface area contributed by atoms with Crippen molar-refractivity contribution in [2.45, 2.75) is 26.3 Å². The van der Waals surface area contributed by atoms with Crippen molar-refractivity contribution in [1.29, 1.82) is 0 Å². The van der Waals surface area contributed by atoms with E-state index in [2.05, 4.69) is 10.3 Å². The number of aryl methyl sites for hydroxylation is 1. The lowest BCUT2D eigenvalue weighted by atomic mass is 10.0. The highest BCUT2D eigenvalue weighted by atomic mass is 16.5. The van der Waals surface area contributed by atoms with Crippen LogP contribution in [-0.2, 0) is 0 Å². The smallest absolute Gasteiger partial charge is 0.339 e. The topological polar surface area (TPSA) is 152 Å². The van der Waals surface area contributed by atoms with Crippen molar-refractivity contribution in [2.75, 3.05) is 12.3 Å². The first kappa shape index (κ1) is 22.5. The van der Waals surface area contributed by atoms with Gasteiger partial charge >= 0.3 is 5.97 Å². The van der Waals surface area contributed by atoms with Crippen molar-refractivity contribution >= 4 is 34.8 Å². The molecule has 0 saturated carbocycles. The second-order valence-electron chi connectivity index (χ2n) is 7.96. The molecule has 0 aliphatic heterocycles. The molecule has 32 heavy (non-hydrogen) atoms. The van der Waals surface area contributed by atoms with Crippen LogP contribution in [-0.4, -0.2) is 45.5 Å². The van der Waals surface area contributed by atoms with E-state index in [9.17, 15) is 24.6 Å². The first-order chi connectivity index (χ1) is 15.0. The van der Waals surface area contributed by atoms with Gasteiger partial charge in [-0.05, 0) is 51.1 Å². The SMILES string of the molecule is Cc1nc2cccc(OCC(C)(C)NC(=O)c3ccc(C=O)c(O)c3)c2c(N)c1C(=O)O. The summed E-state index contributed by atoms with van der Waals surface area (Å²) in [4.78, 5) is 39.3. The van der Waals surface area contributed by atoms with Crippen molar-refractivity contribution in [2.24, 2.45) is 0 Å². The van der Waals surface area contributed by atoms with E-state index in [0.29, 0.717) is 28.6 Å². The van der Waals surface area contributed by atoms with Gasteiger partial charge in [0.15, 0.2) is 6.29 Å². The second-order valence-corrected chi connectivity index (χ2v) is 7.96. The number of carboxylic acids is 1. The van der Waals surface area contributed by atoms with Crippen molar-refractivity contribution in [3.63, 3.8) is 0 Å². The summed E-state index contributed by atoms with van der Waals surface area (Å²) in [6.07, 6.45) is 0.497. The number of nitrogens with two attached hydrogens (primary N) is 1. The number of nitrogens with one attached hydrogen (secondary N) is 1. The number of carboxylic acid groups (broad SMARTS) is 1. The lowest BCUT2D eigenvalue weighted by molar-refractivity contribution is 0.0696. The number of anilines is 1. The molecular weight excluding hydrogens is 414 g/mol. The zero-order chi connectivity index (χ0) is 23.6. The Morgan fingerprint density at radius 3 is 2.59 bits per heavy atom. The van der Waals surface area contributed by atoms with Gasteiger partial charge in [-0.25, -0.2) is 4.79 Å². The molecule has 0 radical (unpaired) electrons. The Kier molecular flexibility index (Phi) is 6.02. The van der Waals surface area contributed by atoms with Gasteiger partial charge in [-0.3, -0.25) is 14.6 Å². The third-order valence-corrected chi connectivity index (χ3v) is 4.87. The maximum Gasteiger partial charge on any atom is 0.339 e. The number of aromatic hydroxyl groups is 1. The Morgan fingerprint density at radius 1 is 1.25 bits per heavy atom. The molecule has 0 aliphatic rings. The van der Waals surface area contributed by atoms with Crippen LogP contribution in [0.15, 0.2) is 36.4 Å². The second kappa shape index (κ2) is 8.54. The highest BCUT2D eigenvalue weighted by molar-refractivity contribution is 6.06. The van der Waals surface area contributed by atoms with E-state index in [1.54, 1.807) is 39.0 Å². The van der Waals surface area contributed by atoms with Crippen LogP contribution in [0.3, 0.4) is 0 Å². The van der Waals surface area contributed by atoms with E-state index >= 15 is 0 Å². The number of amides is 1. The maximum absolute atomic E-state index is 12.6. The number of pyridine rings is 1. The minimum atomic E-state index is -1.18. The van der Waals surface area contributed by atoms with Crippen LogP contribution < -0.4 is 15.8 Å². The molecule has 1 amide bonds. The van der Waals surface area contributed by atoms with Gasteiger partial charge in [-0.2, -0.15) is 0 Å². The lowest BCUT2D eigenvalue weighted by Gasteiger charge is -2.27. The number of nitrogen functional groups attached to an aromatic ring is 1. The Hall–Kier alpha value is -4.14. The minimum Gasteiger partial charge on any atom is -0.507 e. The number of phenols is 1. The lowest BCUT2D eigenvalue weighted by Crippen LogP contribution is -2.47. The van der Waals surface area contributed by atoms with Crippen LogP contribution in [0.5, 0.6) is 11.5 Å². The van der Waals surface area contributed by atoms with Crippen LogP contribution in [0.4, 0.5) is 5.69 Å². The summed E-state index contributed by atoms with van der Waals surface area (Å²) in [5, 5.41) is 22.5. The molecule has 1 heterocycles. The fourth-order valence-electron chi connectivity index (χ4n) is 3.29. The maximum atomic E-state index is 12.6. The highest BCUT2D eigenvalue weighted by Crippen LogP contribution is 2.33. The van der Waals surface area contributed by atoms with Crippen LogP contribution in [0, 0.1) is 6.92 Å². The quantitative estimate of drug-likeness (QED) is 0.412. The average Bonchev–Trinajstić information content (AvgIpc) is 2.71. The van der Waals surface area contributed by atoms with Gasteiger partial charge in [-0.15, -0.1) is 0 Å². The van der Waals surface area contributed by atoms with E-state index < -0.39 is 17.4 Å². The molecule has 1 aromatic heterocycles. The number of fused-ring (bicyclic) bond motifs is 1. The van der Waals surface area contributed by atoms with Gasteiger partial charge in [0.05, 0.1) is 33.4 Å². The number of aldehydes is 1. The molecule has 5 N–H and O–H groups in total. The first-order valence-corrected chi connectivity index (χ1v) is 9.69. The molecule has 0 atom stereocenters. The minimum absolute atomic E-state index is 0.0337. The highest BCUT2D eigenvalue weighted by Gasteiger charge is 2.24. The van der Waals surface area contributed by atoms with Gasteiger partial charge in [0.2, 0.25) is 0 Å². The van der Waals surface area contributed by atoms with Crippen molar-refractivity contribution in [3.8, 4) is 11.5 Å². The van der Waals surface area contributed by atoms with E-state index in [-0.39, 0.29) is 34.7 Å². The summed E-state index contributed by atoms with van der Waals surface area (Å²) >= 11 is 0. The molecular formula is C23H23N3O6. The number of rotatable bonds is 7. The van der Waals surface area contributed by atoms with Crippen LogP contribution in [0.25, 0.3) is 10.9 Å². The van der Waals surface area contributed by atoms with Crippen molar-refractivity contribution in [3.05, 3.63) is 58.8 Å². The zero-order valence-corrected chi connectivity index (χ0v) is 17.8. The number of phenolic OH excluding ortho intramolecular Hbond substituents is 1. The van der Waals surface area contributed by atoms with E-state index in [4.69, 9.17) is 10.5 Å². The van der Waals surface area contributed by atoms with Crippen molar-refractivity contribution in [1.82, 2.24) is 10.3 Å². The van der Waals surface area contributed by atoms with Gasteiger partial charge in [-0.1, -0.05) is 6.07 Å². The van der Waals surface area contributed by atoms with Gasteiger partial charge < -0.3 is 26.0 Å². The van der Waals surface area contributed by atoms with E-state index in [1.807, 2.05) is 0 Å². The first-order valence-electron chi connectivity index (χ1n) is 9.69. The largest absolute Gasteiger partial charge is 0.507 e. The molecule has 0 spiro atoms. The molecule has 3 rings (SSSR count). The van der Waals surface area contributed by atoms with E-state index in [0.717, 1.165) is 0 Å². The standard InChI is InChI=1S/C23H23N3O6/c1-12-18(22(30)31)20(24)19-15(25-12)5-4-6-17(19)32-11-23(2,3)26-21(29)13-7-8-14(10-27)16(28)9-13/h4-10,28H,11H2,1-3H3,(H2,24,25)(H,26,29)(H,30,31). The summed E-state index contributed by atoms with van der Waals surface area (Å²) < 4.78 is 5.91. The summed E-state index contributed by atoms with van der Waals surface area (Å²) in [6.45, 7) is 5.09. The molecule has 3 aromatic rings. The Morgan fingerprint density at radius 2 is 1.97 bits per heavy atom. The molecule has 0 unspecified atom stereocenters. The molecule has 9 heteroatoms. The summed E-state index contributed by atoms with van der Waals surface area (Å²) in [5.74, 6) is -1.59. The molecule has 0 aliphatic carbocycles. The van der Waals surface area contributed by atoms with Gasteiger partial charge in [0.1, 0.15) is 23.7 Å². The molecule has 2 aromatic carbocycles. The third-order valence-electron chi connectivity index (χ3n) is 4.87. The number of aromatic carboxylic acids is 1. The number of ether oxygens (including phenoxy) is 1. The number of aromatic nitrogens is 1. The average molecular weight is 437 g/mol. The monoisotopic (exact) mass is 437 g/mol. The fraction of sp³-hybridized carbons (Fsp3) is 0.217. The van der Waals surface area contributed by atoms with Crippen molar-refractivity contribution < 1.29 is 29.3 Å². The predicted molar refractivity (Wildman–Crippen MR) is 118 cm³/mol. The third kappa shape index (κ3) is 4.46. The number of benzene rings is 2. The van der Waals surface area contributed by atoms with Gasteiger partial charge in [0.25, 0.3) is 5.91 Å². The van der Waals surface area contributed by atoms with E-state index in [1.165, 1.54) is 18.2 Å². The Labute approximate surface area is 183 Å². The molecule has 0 fully saturated rings. The fourth-order valence-corrected chi connectivity index (χ4v) is 3.29. The van der Waals surface area contributed by atoms with Crippen LogP contribution >= 0.6 is 0 Å². The Bertz CT molecular complexity index is 1240. The number of hydrogen-bond donors (Lipinski definition) is 4. The van der Waals surface area contributed by atoms with Gasteiger partial charge in [0, 0.05) is 5.56 Å². The molecule has 0 bridgehead atoms. The number of carbonyl (C=O) groups excluding carboxylic acids is 2. The van der Waals surface area contributed by atoms with Crippen LogP contribution in [0.2, 0.25) is 0 Å². The summed E-state index contributed by atoms with van der Waals surface area (Å²) in [5.41, 5.74) is 6.33. The zero-order valence-electron chi connectivity index (χ0n) is 17.8. The number of carbonyl (C=O) groups is 3. The normalized spacial score (nSPS) is 11.2. The number of nitrogens with zero attached hydrogens (tertiary/aromatic N) is 1.